The first-order valence-electron chi connectivity index (χ1n) is 10.9. The summed E-state index contributed by atoms with van der Waals surface area (Å²) in [6, 6.07) is 22.2. The average molecular weight is 486 g/mol. The smallest absolute Gasteiger partial charge is 0.238 e. The van der Waals surface area contributed by atoms with Gasteiger partial charge in [0.1, 0.15) is 11.6 Å². The molecular formula is C25H23N7O2S. The molecule has 2 aromatic heterocycles. The van der Waals surface area contributed by atoms with Crippen molar-refractivity contribution in [2.45, 2.75) is 18.2 Å². The first-order valence-corrected chi connectivity index (χ1v) is 12.4. The Balaban J connectivity index is 1.27. The fourth-order valence-electron chi connectivity index (χ4n) is 3.61. The number of aryl methyl sites for hydroxylation is 1. The van der Waals surface area contributed by atoms with Crippen LogP contribution in [-0.2, 0) is 16.4 Å². The van der Waals surface area contributed by atoms with E-state index in [2.05, 4.69) is 42.7 Å². The van der Waals surface area contributed by atoms with Gasteiger partial charge in [0.05, 0.1) is 15.9 Å². The lowest BCUT2D eigenvalue weighted by Crippen LogP contribution is -2.11. The molecule has 0 atom stereocenters. The molecule has 0 bridgehead atoms. The van der Waals surface area contributed by atoms with Crippen LogP contribution in [0.1, 0.15) is 17.0 Å². The molecule has 0 saturated heterocycles. The number of H-pyrrole nitrogens is 1. The molecule has 0 fully saturated rings. The highest BCUT2D eigenvalue weighted by atomic mass is 32.2. The Labute approximate surface area is 202 Å². The lowest BCUT2D eigenvalue weighted by Gasteiger charge is -2.12. The van der Waals surface area contributed by atoms with E-state index in [1.54, 1.807) is 18.3 Å². The number of aromatic amines is 1. The number of benzene rings is 3. The lowest BCUT2D eigenvalue weighted by molar-refractivity contribution is 0.598. The Bertz CT molecular complexity index is 1560. The molecule has 176 valence electrons. The second kappa shape index (κ2) is 9.16. The van der Waals surface area contributed by atoms with Crippen molar-refractivity contribution in [2.24, 2.45) is 5.14 Å². The number of hydrogen-bond donors (Lipinski definition) is 4. The average Bonchev–Trinajstić information content (AvgIpc) is 3.24. The first kappa shape index (κ1) is 22.5. The van der Waals surface area contributed by atoms with Gasteiger partial charge in [-0.25, -0.2) is 23.5 Å². The summed E-state index contributed by atoms with van der Waals surface area (Å²) < 4.78 is 22.9. The zero-order chi connectivity index (χ0) is 24.4. The van der Waals surface area contributed by atoms with E-state index in [9.17, 15) is 8.42 Å². The number of nitrogens with two attached hydrogens (primary N) is 1. The van der Waals surface area contributed by atoms with Crippen molar-refractivity contribution in [3.05, 3.63) is 95.9 Å². The SMILES string of the molecule is Cc1cnc(Nc2ccc(S(N)(=O)=O)cc2)nc1Nc1ccc(Cc2nc3ccccc3[nH]2)cc1. The van der Waals surface area contributed by atoms with E-state index >= 15 is 0 Å². The van der Waals surface area contributed by atoms with Crippen molar-refractivity contribution in [3.8, 4) is 0 Å². The number of rotatable bonds is 7. The zero-order valence-corrected chi connectivity index (χ0v) is 19.7. The summed E-state index contributed by atoms with van der Waals surface area (Å²) in [7, 11) is -3.74. The Kier molecular flexibility index (Phi) is 5.89. The highest BCUT2D eigenvalue weighted by Crippen LogP contribution is 2.22. The van der Waals surface area contributed by atoms with Crippen molar-refractivity contribution < 1.29 is 8.42 Å². The number of para-hydroxylation sites is 2. The summed E-state index contributed by atoms with van der Waals surface area (Å²) in [6.45, 7) is 1.92. The van der Waals surface area contributed by atoms with Crippen LogP contribution in [0.15, 0.2) is 83.9 Å². The van der Waals surface area contributed by atoms with E-state index in [0.29, 0.717) is 23.9 Å². The van der Waals surface area contributed by atoms with Crippen molar-refractivity contribution in [2.75, 3.05) is 10.6 Å². The van der Waals surface area contributed by atoms with Gasteiger partial charge in [0.2, 0.25) is 16.0 Å². The van der Waals surface area contributed by atoms with Gasteiger partial charge in [0, 0.05) is 29.6 Å². The second-order valence-corrected chi connectivity index (χ2v) is 9.68. The number of nitrogens with zero attached hydrogens (tertiary/aromatic N) is 3. The van der Waals surface area contributed by atoms with Crippen LogP contribution in [0, 0.1) is 6.92 Å². The van der Waals surface area contributed by atoms with Gasteiger partial charge in [0.15, 0.2) is 0 Å². The number of aromatic nitrogens is 4. The topological polar surface area (TPSA) is 139 Å². The quantitative estimate of drug-likeness (QED) is 0.268. The third kappa shape index (κ3) is 5.29. The number of primary sulfonamides is 1. The molecule has 9 nitrogen and oxygen atoms in total. The molecule has 5 aromatic rings. The maximum absolute atomic E-state index is 11.4. The van der Waals surface area contributed by atoms with Crippen LogP contribution in [0.25, 0.3) is 11.0 Å². The van der Waals surface area contributed by atoms with Crippen molar-refractivity contribution in [1.29, 1.82) is 0 Å². The third-order valence-electron chi connectivity index (χ3n) is 5.44. The van der Waals surface area contributed by atoms with Gasteiger partial charge in [-0.15, -0.1) is 0 Å². The van der Waals surface area contributed by atoms with Gasteiger partial charge < -0.3 is 15.6 Å². The number of sulfonamides is 1. The summed E-state index contributed by atoms with van der Waals surface area (Å²) in [5.41, 5.74) is 5.55. The van der Waals surface area contributed by atoms with Gasteiger partial charge in [-0.05, 0) is 61.0 Å². The first-order chi connectivity index (χ1) is 16.8. The number of hydrogen-bond acceptors (Lipinski definition) is 7. The van der Waals surface area contributed by atoms with Gasteiger partial charge >= 0.3 is 0 Å². The molecule has 0 aliphatic carbocycles. The van der Waals surface area contributed by atoms with Gasteiger partial charge in [-0.1, -0.05) is 24.3 Å². The lowest BCUT2D eigenvalue weighted by atomic mass is 10.1. The molecule has 0 aliphatic heterocycles. The maximum atomic E-state index is 11.4. The van der Waals surface area contributed by atoms with Gasteiger partial charge in [-0.2, -0.15) is 4.98 Å². The molecule has 0 radical (unpaired) electrons. The standard InChI is InChI=1S/C25H23N7O2S/c1-16-15-27-25(29-19-10-12-20(13-11-19)35(26,33)34)32-24(16)28-18-8-6-17(7-9-18)14-23-30-21-4-2-3-5-22(21)31-23/h2-13,15H,14H2,1H3,(H,30,31)(H2,26,33,34)(H2,27,28,29,32). The molecule has 0 aliphatic rings. The van der Waals surface area contributed by atoms with Gasteiger partial charge in [-0.3, -0.25) is 0 Å². The molecule has 0 unspecified atom stereocenters. The minimum Gasteiger partial charge on any atom is -0.342 e. The molecule has 5 N–H and O–H groups in total. The Morgan fingerprint density at radius 2 is 1.57 bits per heavy atom. The monoisotopic (exact) mass is 485 g/mol. The number of fused-ring (bicyclic) bond motifs is 1. The summed E-state index contributed by atoms with van der Waals surface area (Å²) in [4.78, 5) is 16.9. The minimum atomic E-state index is -3.74. The largest absolute Gasteiger partial charge is 0.342 e. The van der Waals surface area contributed by atoms with Crippen molar-refractivity contribution in [3.63, 3.8) is 0 Å². The van der Waals surface area contributed by atoms with Crippen LogP contribution in [0.3, 0.4) is 0 Å². The molecule has 0 saturated carbocycles. The van der Waals surface area contributed by atoms with E-state index in [4.69, 9.17) is 5.14 Å². The van der Waals surface area contributed by atoms with Crippen molar-refractivity contribution >= 4 is 44.2 Å². The van der Waals surface area contributed by atoms with Crippen LogP contribution < -0.4 is 15.8 Å². The summed E-state index contributed by atoms with van der Waals surface area (Å²) in [5, 5.41) is 11.6. The summed E-state index contributed by atoms with van der Waals surface area (Å²) in [6.07, 6.45) is 2.42. The molecule has 35 heavy (non-hydrogen) atoms. The molecule has 2 heterocycles. The third-order valence-corrected chi connectivity index (χ3v) is 6.37. The minimum absolute atomic E-state index is 0.0407. The molecule has 0 spiro atoms. The van der Waals surface area contributed by atoms with E-state index < -0.39 is 10.0 Å². The highest BCUT2D eigenvalue weighted by molar-refractivity contribution is 7.89. The molecule has 5 rings (SSSR count). The van der Waals surface area contributed by atoms with E-state index in [-0.39, 0.29) is 4.90 Å². The summed E-state index contributed by atoms with van der Waals surface area (Å²) in [5.74, 6) is 1.96. The maximum Gasteiger partial charge on any atom is 0.238 e. The van der Waals surface area contributed by atoms with Crippen LogP contribution in [0.5, 0.6) is 0 Å². The highest BCUT2D eigenvalue weighted by Gasteiger charge is 2.09. The number of anilines is 4. The fourth-order valence-corrected chi connectivity index (χ4v) is 4.13. The molecule has 3 aromatic carbocycles. The Morgan fingerprint density at radius 1 is 0.886 bits per heavy atom. The molecule has 0 amide bonds. The Hall–Kier alpha value is -4.28. The predicted octanol–water partition coefficient (Wildman–Crippen LogP) is 4.39. The number of imidazole rings is 1. The normalized spacial score (nSPS) is 11.5. The predicted molar refractivity (Wildman–Crippen MR) is 136 cm³/mol. The van der Waals surface area contributed by atoms with E-state index in [1.807, 2.05) is 43.3 Å². The second-order valence-electron chi connectivity index (χ2n) is 8.12. The van der Waals surface area contributed by atoms with Crippen LogP contribution in [0.2, 0.25) is 0 Å². The van der Waals surface area contributed by atoms with Crippen LogP contribution in [-0.4, -0.2) is 28.4 Å². The number of nitrogens with one attached hydrogen (secondary N) is 3. The van der Waals surface area contributed by atoms with Gasteiger partial charge in [0.25, 0.3) is 0 Å². The van der Waals surface area contributed by atoms with Crippen molar-refractivity contribution in [1.82, 2.24) is 19.9 Å². The van der Waals surface area contributed by atoms with Crippen LogP contribution >= 0.6 is 0 Å². The fraction of sp³-hybridized carbons (Fsp3) is 0.0800. The zero-order valence-electron chi connectivity index (χ0n) is 18.9. The molecule has 10 heteroatoms. The van der Waals surface area contributed by atoms with Crippen LogP contribution in [0.4, 0.5) is 23.1 Å². The molecular weight excluding hydrogens is 462 g/mol. The Morgan fingerprint density at radius 3 is 2.29 bits per heavy atom. The van der Waals surface area contributed by atoms with E-state index in [0.717, 1.165) is 33.7 Å². The summed E-state index contributed by atoms with van der Waals surface area (Å²) >= 11 is 0. The van der Waals surface area contributed by atoms with E-state index in [1.165, 1.54) is 12.1 Å².